The van der Waals surface area contributed by atoms with Crippen molar-refractivity contribution in [3.8, 4) is 6.07 Å². The topological polar surface area (TPSA) is 270 Å². The minimum atomic E-state index is -1.55. The van der Waals surface area contributed by atoms with Crippen molar-refractivity contribution < 1.29 is 34.0 Å². The van der Waals surface area contributed by atoms with Crippen LogP contribution in [0.25, 0.3) is 11.2 Å². The molecule has 0 saturated heterocycles. The Balaban J connectivity index is 0.000000444. The first kappa shape index (κ1) is 37.4. The number of hydrogen-bond acceptors (Lipinski definition) is 13. The molecule has 0 saturated carbocycles. The second-order valence-corrected chi connectivity index (χ2v) is 11.5. The van der Waals surface area contributed by atoms with Gasteiger partial charge < -0.3 is 36.0 Å². The van der Waals surface area contributed by atoms with Crippen LogP contribution in [0.15, 0.2) is 35.3 Å². The van der Waals surface area contributed by atoms with E-state index >= 15 is 0 Å². The van der Waals surface area contributed by atoms with Crippen molar-refractivity contribution in [2.45, 2.75) is 71.6 Å². The van der Waals surface area contributed by atoms with Gasteiger partial charge in [-0.15, -0.1) is 0 Å². The number of nitrogens with zero attached hydrogens (tertiary/aromatic N) is 5. The van der Waals surface area contributed by atoms with Gasteiger partial charge in [-0.25, -0.2) is 19.4 Å². The summed E-state index contributed by atoms with van der Waals surface area (Å²) in [6.45, 7) is 8.58. The normalized spacial score (nSPS) is 12.2. The van der Waals surface area contributed by atoms with Crippen LogP contribution in [0.1, 0.15) is 63.0 Å². The largest absolute Gasteiger partial charge is 0.481 e. The highest BCUT2D eigenvalue weighted by atomic mass is 31.2. The van der Waals surface area contributed by atoms with E-state index in [9.17, 15) is 24.1 Å². The standard InChI is InChI=1S/C19H19N7O6.C9H19N2O2P/c20-19-25-15-14(17(30)26-19)23-11(8-22-15)7-21-10-3-1-9(2-4-10)16(29)24-12(18(31)32)5-6-13(27)28;1-8(2)11(9(3)4)14(12)13-7-5-6-10/h1-4,8,12,21H,5-7H2,(H,24,29)(H,27,28)(H,31,32)(H3,20,22,25,26,30);8-9,12H,5,7H2,1-4H3. The van der Waals surface area contributed by atoms with E-state index in [-0.39, 0.29) is 54.1 Å². The molecule has 248 valence electrons. The van der Waals surface area contributed by atoms with Crippen molar-refractivity contribution in [3.63, 3.8) is 0 Å². The smallest absolute Gasteiger partial charge is 0.326 e. The third kappa shape index (κ3) is 12.0. The molecule has 17 nitrogen and oxygen atoms in total. The van der Waals surface area contributed by atoms with Crippen LogP contribution in [-0.4, -0.2) is 82.3 Å². The predicted octanol–water partition coefficient (Wildman–Crippen LogP) is 2.21. The van der Waals surface area contributed by atoms with Gasteiger partial charge in [0, 0.05) is 29.8 Å². The van der Waals surface area contributed by atoms with Gasteiger partial charge in [0.2, 0.25) is 5.95 Å². The zero-order chi connectivity index (χ0) is 34.4. The number of H-pyrrole nitrogens is 1. The Morgan fingerprint density at radius 1 is 1.13 bits per heavy atom. The number of nitrogen functional groups attached to an aromatic ring is 1. The summed E-state index contributed by atoms with van der Waals surface area (Å²) < 4.78 is 7.10. The molecular weight excluding hydrogens is 621 g/mol. The van der Waals surface area contributed by atoms with Crippen LogP contribution in [0.3, 0.4) is 0 Å². The Kier molecular flexibility index (Phi) is 14.9. The number of benzene rings is 1. The first-order valence-electron chi connectivity index (χ1n) is 14.1. The molecule has 0 aliphatic rings. The molecule has 3 aromatic rings. The number of hydrogen-bond donors (Lipinski definition) is 7. The van der Waals surface area contributed by atoms with Crippen molar-refractivity contribution >= 4 is 49.2 Å². The van der Waals surface area contributed by atoms with Crippen LogP contribution in [0.2, 0.25) is 0 Å². The molecule has 2 unspecified atom stereocenters. The van der Waals surface area contributed by atoms with Gasteiger partial charge in [-0.05, 0) is 58.4 Å². The number of anilines is 2. The van der Waals surface area contributed by atoms with Crippen LogP contribution in [0.4, 0.5) is 11.6 Å². The number of aromatic nitrogens is 4. The summed E-state index contributed by atoms with van der Waals surface area (Å²) in [5.41, 5.74) is 6.47. The highest BCUT2D eigenvalue weighted by Gasteiger charge is 2.24. The Morgan fingerprint density at radius 2 is 1.78 bits per heavy atom. The number of nitrogens with one attached hydrogen (secondary N) is 3. The number of carbonyl (C=O) groups excluding carboxylic acids is 1. The average Bonchev–Trinajstić information content (AvgIpc) is 2.98. The molecule has 0 aliphatic carbocycles. The molecule has 2 aromatic heterocycles. The Bertz CT molecular complexity index is 1570. The van der Waals surface area contributed by atoms with Crippen LogP contribution in [0, 0.1) is 11.3 Å². The van der Waals surface area contributed by atoms with Crippen molar-refractivity contribution in [2.75, 3.05) is 17.7 Å². The quantitative estimate of drug-likeness (QED) is 0.0910. The van der Waals surface area contributed by atoms with Crippen LogP contribution in [-0.2, 0) is 20.7 Å². The molecular formula is C28H38N9O8P. The summed E-state index contributed by atoms with van der Waals surface area (Å²) in [6, 6.07) is 7.33. The average molecular weight is 660 g/mol. The molecule has 0 spiro atoms. The summed E-state index contributed by atoms with van der Waals surface area (Å²) in [7, 11) is -1.55. The fraction of sp³-hybridized carbons (Fsp3) is 0.429. The molecule has 0 bridgehead atoms. The molecule has 8 N–H and O–H groups in total. The number of nitriles is 1. The van der Waals surface area contributed by atoms with E-state index in [4.69, 9.17) is 25.7 Å². The number of aromatic amines is 1. The SMILES string of the molecule is CC(C)N(C(C)C)P(O)OCCC#N.Nc1nc2ncc(CNc3ccc(C(=O)NC(CCC(=O)O)C(=O)O)cc3)nc2c(=O)[nH]1. The van der Waals surface area contributed by atoms with E-state index in [0.717, 1.165) is 0 Å². The van der Waals surface area contributed by atoms with Gasteiger partial charge in [0.1, 0.15) is 6.04 Å². The molecule has 3 rings (SSSR count). The number of carboxylic acid groups (broad SMARTS) is 2. The summed E-state index contributed by atoms with van der Waals surface area (Å²) in [5.74, 6) is -3.16. The van der Waals surface area contributed by atoms with Gasteiger partial charge in [0.05, 0.1) is 37.5 Å². The van der Waals surface area contributed by atoms with Crippen LogP contribution >= 0.6 is 8.53 Å². The number of rotatable bonds is 15. The van der Waals surface area contributed by atoms with E-state index in [1.165, 1.54) is 18.3 Å². The molecule has 0 radical (unpaired) electrons. The summed E-state index contributed by atoms with van der Waals surface area (Å²) >= 11 is 0. The molecule has 0 aliphatic heterocycles. The lowest BCUT2D eigenvalue weighted by atomic mass is 10.1. The number of carbonyl (C=O) groups is 3. The summed E-state index contributed by atoms with van der Waals surface area (Å²) in [4.78, 5) is 70.3. The number of carboxylic acids is 2. The first-order valence-corrected chi connectivity index (χ1v) is 15.3. The summed E-state index contributed by atoms with van der Waals surface area (Å²) in [6.07, 6.45) is 1.16. The number of amides is 1. The number of nitrogens with two attached hydrogens (primary N) is 1. The van der Waals surface area contributed by atoms with Gasteiger partial charge in [0.15, 0.2) is 11.2 Å². The maximum absolute atomic E-state index is 12.3. The van der Waals surface area contributed by atoms with Gasteiger partial charge in [-0.1, -0.05) is 0 Å². The van der Waals surface area contributed by atoms with Crippen molar-refractivity contribution in [2.24, 2.45) is 0 Å². The lowest BCUT2D eigenvalue weighted by Gasteiger charge is -2.32. The number of fused-ring (bicyclic) bond motifs is 1. The van der Waals surface area contributed by atoms with E-state index in [0.29, 0.717) is 24.4 Å². The lowest BCUT2D eigenvalue weighted by Crippen LogP contribution is -2.41. The van der Waals surface area contributed by atoms with Gasteiger partial charge in [0.25, 0.3) is 20.0 Å². The first-order chi connectivity index (χ1) is 21.7. The van der Waals surface area contributed by atoms with Gasteiger partial charge in [-0.3, -0.25) is 19.4 Å². The third-order valence-corrected chi connectivity index (χ3v) is 7.77. The number of aliphatic carboxylic acids is 2. The minimum Gasteiger partial charge on any atom is -0.481 e. The maximum Gasteiger partial charge on any atom is 0.326 e. The second kappa shape index (κ2) is 18.3. The van der Waals surface area contributed by atoms with Gasteiger partial charge >= 0.3 is 11.9 Å². The zero-order valence-electron chi connectivity index (χ0n) is 25.8. The van der Waals surface area contributed by atoms with E-state index in [1.54, 1.807) is 12.1 Å². The molecule has 2 atom stereocenters. The summed E-state index contributed by atoms with van der Waals surface area (Å²) in [5, 5.41) is 31.5. The van der Waals surface area contributed by atoms with Crippen LogP contribution < -0.4 is 21.9 Å². The van der Waals surface area contributed by atoms with E-state index in [1.807, 2.05) is 38.4 Å². The van der Waals surface area contributed by atoms with Crippen LogP contribution in [0.5, 0.6) is 0 Å². The van der Waals surface area contributed by atoms with E-state index in [2.05, 4.69) is 30.6 Å². The zero-order valence-corrected chi connectivity index (χ0v) is 26.7. The molecule has 18 heteroatoms. The third-order valence-electron chi connectivity index (χ3n) is 6.03. The van der Waals surface area contributed by atoms with E-state index < -0.39 is 38.0 Å². The Morgan fingerprint density at radius 3 is 2.35 bits per heavy atom. The molecule has 2 heterocycles. The van der Waals surface area contributed by atoms with Crippen molar-refractivity contribution in [1.82, 2.24) is 29.9 Å². The van der Waals surface area contributed by atoms with Gasteiger partial charge in [-0.2, -0.15) is 10.2 Å². The monoisotopic (exact) mass is 659 g/mol. The minimum absolute atomic E-state index is 0.0524. The highest BCUT2D eigenvalue weighted by molar-refractivity contribution is 7.43. The lowest BCUT2D eigenvalue weighted by molar-refractivity contribution is -0.140. The molecule has 1 aromatic carbocycles. The second-order valence-electron chi connectivity index (χ2n) is 10.3. The van der Waals surface area contributed by atoms with Crippen molar-refractivity contribution in [3.05, 3.63) is 52.1 Å². The fourth-order valence-electron chi connectivity index (χ4n) is 3.99. The Hall–Kier alpha value is -4.75. The molecule has 1 amide bonds. The van der Waals surface area contributed by atoms with Crippen molar-refractivity contribution in [1.29, 1.82) is 5.26 Å². The predicted molar refractivity (Wildman–Crippen MR) is 169 cm³/mol. The fourth-order valence-corrected chi connectivity index (χ4v) is 5.16. The molecule has 46 heavy (non-hydrogen) atoms. The maximum atomic E-state index is 12.3. The Labute approximate surface area is 265 Å². The molecule has 0 fully saturated rings. The highest BCUT2D eigenvalue weighted by Crippen LogP contribution is 2.40.